The van der Waals surface area contributed by atoms with E-state index in [1.54, 1.807) is 25.4 Å². The molecule has 1 amide bonds. The van der Waals surface area contributed by atoms with Crippen LogP contribution >= 0.6 is 11.8 Å². The van der Waals surface area contributed by atoms with Gasteiger partial charge in [-0.05, 0) is 69.0 Å². The molecule has 1 saturated heterocycles. The van der Waals surface area contributed by atoms with Gasteiger partial charge >= 0.3 is 29.6 Å². The summed E-state index contributed by atoms with van der Waals surface area (Å²) in [5, 5.41) is 35.7. The first-order valence-electron chi connectivity index (χ1n) is 13.5. The maximum atomic E-state index is 12.5. The first kappa shape index (κ1) is 39.3. The molecular formula is C29H43N2NaO8S. The van der Waals surface area contributed by atoms with Crippen molar-refractivity contribution in [2.45, 2.75) is 76.4 Å². The van der Waals surface area contributed by atoms with E-state index in [1.165, 1.54) is 6.92 Å². The molecule has 12 heteroatoms. The standard InChI is InChI=1S/C26H38N2O5S.C2H4O.CH2O2.Na/c1-3-34-16-5-4-7-20-17-22(30)24(27-2)25(33-20)21(29)13-14-28-26(31)19-11-9-18(10-12-19)23-8-6-15-32-23;1-2-3;2-1-3;/h6,8-12,15,20-22,24-25,27,29-30H,3-5,7,13-14,16-17H2,1-2H3,(H,28,31);2H,1H3;1H,(H,2,3);/q;;;+1/p-1/t20?,21?,22?,24-,25?;;;/m1.../s1. The molecule has 1 aromatic heterocycles. The van der Waals surface area contributed by atoms with E-state index in [0.717, 1.165) is 48.4 Å². The van der Waals surface area contributed by atoms with E-state index < -0.39 is 24.8 Å². The van der Waals surface area contributed by atoms with Crippen LogP contribution in [0, 0.1) is 0 Å². The quantitative estimate of drug-likeness (QED) is 0.128. The number of nitrogens with one attached hydrogen (secondary N) is 2. The second-order valence-corrected chi connectivity index (χ2v) is 10.4. The van der Waals surface area contributed by atoms with Crippen LogP contribution in [0.4, 0.5) is 0 Å². The molecule has 3 rings (SSSR count). The van der Waals surface area contributed by atoms with Crippen LogP contribution < -0.4 is 45.3 Å². The minimum absolute atomic E-state index is 0. The molecule has 0 radical (unpaired) electrons. The maximum Gasteiger partial charge on any atom is 1.00 e. The Morgan fingerprint density at radius 2 is 1.88 bits per heavy atom. The van der Waals surface area contributed by atoms with Gasteiger partial charge in [0.2, 0.25) is 0 Å². The van der Waals surface area contributed by atoms with Crippen molar-refractivity contribution in [3.8, 4) is 11.3 Å². The number of furan rings is 1. The summed E-state index contributed by atoms with van der Waals surface area (Å²) in [6, 6.07) is 10.6. The van der Waals surface area contributed by atoms with Crippen molar-refractivity contribution in [3.05, 3.63) is 48.2 Å². The summed E-state index contributed by atoms with van der Waals surface area (Å²) < 4.78 is 11.6. The molecule has 1 aliphatic heterocycles. The summed E-state index contributed by atoms with van der Waals surface area (Å²) in [6.07, 6.45) is 4.38. The van der Waals surface area contributed by atoms with E-state index in [1.807, 2.05) is 36.0 Å². The number of aldehydes is 1. The Balaban J connectivity index is 0.00000210. The summed E-state index contributed by atoms with van der Waals surface area (Å²) in [5.41, 5.74) is 1.45. The van der Waals surface area contributed by atoms with Gasteiger partial charge in [0.05, 0.1) is 30.6 Å². The van der Waals surface area contributed by atoms with Crippen LogP contribution in [-0.4, -0.2) is 84.4 Å². The Labute approximate surface area is 269 Å². The molecule has 5 atom stereocenters. The molecular weight excluding hydrogens is 559 g/mol. The van der Waals surface area contributed by atoms with Gasteiger partial charge in [0.15, 0.2) is 0 Å². The molecule has 10 nitrogen and oxygen atoms in total. The van der Waals surface area contributed by atoms with Gasteiger partial charge in [0, 0.05) is 30.6 Å². The number of thioether (sulfide) groups is 1. The van der Waals surface area contributed by atoms with Gasteiger partial charge in [-0.15, -0.1) is 0 Å². The molecule has 2 aromatic rings. The van der Waals surface area contributed by atoms with Gasteiger partial charge < -0.3 is 44.7 Å². The average Bonchev–Trinajstić information content (AvgIpc) is 3.49. The molecule has 1 aliphatic rings. The predicted octanol–water partition coefficient (Wildman–Crippen LogP) is -0.967. The number of likely N-dealkylation sites (N-methyl/N-ethyl adjacent to an activating group) is 1. The Hall–Kier alpha value is -1.70. The fourth-order valence-electron chi connectivity index (χ4n) is 4.42. The van der Waals surface area contributed by atoms with E-state index in [0.29, 0.717) is 24.9 Å². The topological polar surface area (TPSA) is 161 Å². The molecule has 41 heavy (non-hydrogen) atoms. The van der Waals surface area contributed by atoms with E-state index >= 15 is 0 Å². The van der Waals surface area contributed by atoms with E-state index in [4.69, 9.17) is 23.8 Å². The van der Waals surface area contributed by atoms with Crippen LogP contribution in [0.5, 0.6) is 0 Å². The monoisotopic (exact) mass is 602 g/mol. The van der Waals surface area contributed by atoms with Gasteiger partial charge in [0.1, 0.15) is 18.2 Å². The number of aliphatic hydroxyl groups is 2. The Morgan fingerprint density at radius 3 is 2.44 bits per heavy atom. The maximum absolute atomic E-state index is 12.5. The van der Waals surface area contributed by atoms with Crippen LogP contribution in [0.1, 0.15) is 56.3 Å². The minimum Gasteiger partial charge on any atom is -0.554 e. The molecule has 1 aromatic carbocycles. The normalized spacial score (nSPS) is 20.1. The number of hydrogen-bond acceptors (Lipinski definition) is 10. The van der Waals surface area contributed by atoms with Gasteiger partial charge in [0.25, 0.3) is 5.91 Å². The molecule has 4 unspecified atom stereocenters. The molecule has 4 N–H and O–H groups in total. The fourth-order valence-corrected chi connectivity index (χ4v) is 5.12. The van der Waals surface area contributed by atoms with E-state index in [2.05, 4.69) is 17.6 Å². The number of rotatable bonds is 13. The van der Waals surface area contributed by atoms with Crippen molar-refractivity contribution in [1.82, 2.24) is 10.6 Å². The molecule has 0 bridgehead atoms. The number of hydrogen-bond donors (Lipinski definition) is 4. The van der Waals surface area contributed by atoms with Crippen molar-refractivity contribution in [1.29, 1.82) is 0 Å². The summed E-state index contributed by atoms with van der Waals surface area (Å²) >= 11 is 1.94. The average molecular weight is 603 g/mol. The number of benzene rings is 1. The number of carbonyl (C=O) groups excluding carboxylic acids is 3. The molecule has 1 fully saturated rings. The third-order valence-electron chi connectivity index (χ3n) is 6.28. The number of ether oxygens (including phenoxy) is 1. The zero-order valence-electron chi connectivity index (χ0n) is 24.5. The summed E-state index contributed by atoms with van der Waals surface area (Å²) in [4.78, 5) is 29.6. The van der Waals surface area contributed by atoms with Gasteiger partial charge in [-0.2, -0.15) is 11.8 Å². The van der Waals surface area contributed by atoms with Crippen molar-refractivity contribution in [2.24, 2.45) is 0 Å². The fraction of sp³-hybridized carbons (Fsp3) is 0.552. The minimum atomic E-state index is -0.799. The molecule has 0 aliphatic carbocycles. The second-order valence-electron chi connectivity index (χ2n) is 9.03. The smallest absolute Gasteiger partial charge is 0.554 e. The van der Waals surface area contributed by atoms with Crippen molar-refractivity contribution in [2.75, 3.05) is 25.1 Å². The Bertz CT molecular complexity index is 943. The second kappa shape index (κ2) is 23.8. The van der Waals surface area contributed by atoms with Gasteiger partial charge in [-0.1, -0.05) is 25.5 Å². The van der Waals surface area contributed by atoms with Crippen LogP contribution in [0.15, 0.2) is 47.1 Å². The van der Waals surface area contributed by atoms with E-state index in [-0.39, 0.29) is 47.6 Å². The number of carbonyl (C=O) groups is 3. The number of unbranched alkanes of at least 4 members (excludes halogenated alkanes) is 1. The van der Waals surface area contributed by atoms with Crippen LogP contribution in [0.2, 0.25) is 0 Å². The Morgan fingerprint density at radius 1 is 1.22 bits per heavy atom. The number of carboxylic acid groups (broad SMARTS) is 1. The zero-order chi connectivity index (χ0) is 29.8. The summed E-state index contributed by atoms with van der Waals surface area (Å²) in [5.74, 6) is 2.82. The molecule has 0 spiro atoms. The third-order valence-corrected chi connectivity index (χ3v) is 7.27. The van der Waals surface area contributed by atoms with Crippen molar-refractivity contribution < 1.29 is 68.4 Å². The first-order chi connectivity index (χ1) is 19.4. The molecule has 2 heterocycles. The third kappa shape index (κ3) is 14.8. The molecule has 0 saturated carbocycles. The SMILES string of the molecule is CC=O.CCSCCCCC1CC(O)[C@@H](NC)C(C(O)CCNC(=O)c2ccc(-c3ccco3)cc2)O1.O=C[O-].[Na+]. The van der Waals surface area contributed by atoms with Crippen molar-refractivity contribution in [3.63, 3.8) is 0 Å². The van der Waals surface area contributed by atoms with E-state index in [9.17, 15) is 15.0 Å². The zero-order valence-corrected chi connectivity index (χ0v) is 27.3. The first-order valence-corrected chi connectivity index (χ1v) is 14.7. The summed E-state index contributed by atoms with van der Waals surface area (Å²) in [7, 11) is 1.77. The number of aliphatic hydroxyl groups excluding tert-OH is 2. The summed E-state index contributed by atoms with van der Waals surface area (Å²) in [6.45, 7) is 3.42. The van der Waals surface area contributed by atoms with Gasteiger partial charge in [-0.25, -0.2) is 0 Å². The van der Waals surface area contributed by atoms with Crippen LogP contribution in [-0.2, 0) is 14.3 Å². The van der Waals surface area contributed by atoms with Crippen LogP contribution in [0.25, 0.3) is 11.3 Å². The molecule has 224 valence electrons. The van der Waals surface area contributed by atoms with Crippen molar-refractivity contribution >= 4 is 30.4 Å². The van der Waals surface area contributed by atoms with Crippen LogP contribution in [0.3, 0.4) is 0 Å². The Kier molecular flexibility index (Phi) is 22.8. The largest absolute Gasteiger partial charge is 1.00 e. The van der Waals surface area contributed by atoms with Gasteiger partial charge in [-0.3, -0.25) is 4.79 Å². The predicted molar refractivity (Wildman–Crippen MR) is 154 cm³/mol. The number of amides is 1.